The molecule has 0 saturated carbocycles. The van der Waals surface area contributed by atoms with Gasteiger partial charge in [-0.2, -0.15) is 0 Å². The number of fused-ring (bicyclic) bond motifs is 1. The van der Waals surface area contributed by atoms with Gasteiger partial charge in [0.25, 0.3) is 0 Å². The zero-order valence-electron chi connectivity index (χ0n) is 9.11. The average Bonchev–Trinajstić information content (AvgIpc) is 2.89. The van der Waals surface area contributed by atoms with Gasteiger partial charge in [0.15, 0.2) is 11.5 Å². The molecular weight excluding hydrogens is 206 g/mol. The Bertz CT molecular complexity index is 399. The third-order valence-electron chi connectivity index (χ3n) is 3.17. The van der Waals surface area contributed by atoms with Crippen LogP contribution in [0.1, 0.15) is 18.4 Å². The van der Waals surface area contributed by atoms with E-state index in [0.717, 1.165) is 30.9 Å². The summed E-state index contributed by atoms with van der Waals surface area (Å²) in [5.74, 6) is 1.69. The predicted molar refractivity (Wildman–Crippen MR) is 58.7 cm³/mol. The van der Waals surface area contributed by atoms with E-state index in [1.165, 1.54) is 12.8 Å². The number of phenolic OH excluding ortho intramolecular Hbond substituents is 1. The van der Waals surface area contributed by atoms with E-state index < -0.39 is 0 Å². The molecule has 0 radical (unpaired) electrons. The third kappa shape index (κ3) is 1.69. The minimum absolute atomic E-state index is 0.252. The van der Waals surface area contributed by atoms with E-state index in [2.05, 4.69) is 4.90 Å². The molecule has 1 aromatic carbocycles. The van der Waals surface area contributed by atoms with Crippen LogP contribution in [0.5, 0.6) is 17.2 Å². The Balaban J connectivity index is 1.83. The summed E-state index contributed by atoms with van der Waals surface area (Å²) in [6.45, 7) is 3.28. The molecule has 0 spiro atoms. The first-order chi connectivity index (χ1) is 7.83. The standard InChI is InChI=1S/C12H15NO3/c14-10-6-12-11(15-8-16-12)5-9(10)7-13-3-1-2-4-13/h5-6,14H,1-4,7-8H2. The molecule has 0 aromatic heterocycles. The van der Waals surface area contributed by atoms with Gasteiger partial charge < -0.3 is 14.6 Å². The Hall–Kier alpha value is -1.42. The third-order valence-corrected chi connectivity index (χ3v) is 3.17. The Kier molecular flexibility index (Phi) is 2.36. The molecule has 0 unspecified atom stereocenters. The molecule has 86 valence electrons. The van der Waals surface area contributed by atoms with E-state index in [4.69, 9.17) is 9.47 Å². The summed E-state index contributed by atoms with van der Waals surface area (Å²) in [5.41, 5.74) is 0.922. The Morgan fingerprint density at radius 2 is 1.81 bits per heavy atom. The first-order valence-corrected chi connectivity index (χ1v) is 5.67. The number of benzene rings is 1. The van der Waals surface area contributed by atoms with Crippen LogP contribution < -0.4 is 9.47 Å². The maximum atomic E-state index is 9.87. The van der Waals surface area contributed by atoms with Crippen molar-refractivity contribution in [3.05, 3.63) is 17.7 Å². The van der Waals surface area contributed by atoms with Crippen LogP contribution >= 0.6 is 0 Å². The number of hydrogen-bond donors (Lipinski definition) is 1. The minimum atomic E-state index is 0.252. The van der Waals surface area contributed by atoms with Crippen LogP contribution in [0, 0.1) is 0 Å². The van der Waals surface area contributed by atoms with Crippen molar-refractivity contribution in [2.75, 3.05) is 19.9 Å². The molecule has 1 N–H and O–H groups in total. The predicted octanol–water partition coefficient (Wildman–Crippen LogP) is 1.72. The SMILES string of the molecule is Oc1cc2c(cc1CN1CCCC1)OCO2. The van der Waals surface area contributed by atoms with Crippen LogP contribution in [0.4, 0.5) is 0 Å². The maximum absolute atomic E-state index is 9.87. The normalized spacial score (nSPS) is 19.2. The van der Waals surface area contributed by atoms with E-state index in [0.29, 0.717) is 11.5 Å². The van der Waals surface area contributed by atoms with Gasteiger partial charge in [0.05, 0.1) is 0 Å². The quantitative estimate of drug-likeness (QED) is 0.825. The molecule has 0 aliphatic carbocycles. The number of hydrogen-bond acceptors (Lipinski definition) is 4. The van der Waals surface area contributed by atoms with Crippen molar-refractivity contribution in [3.8, 4) is 17.2 Å². The number of ether oxygens (including phenoxy) is 2. The molecule has 0 bridgehead atoms. The van der Waals surface area contributed by atoms with E-state index in [1.807, 2.05) is 6.07 Å². The molecule has 2 aliphatic heterocycles. The van der Waals surface area contributed by atoms with Crippen molar-refractivity contribution < 1.29 is 14.6 Å². The highest BCUT2D eigenvalue weighted by Gasteiger charge is 2.19. The van der Waals surface area contributed by atoms with Crippen molar-refractivity contribution >= 4 is 0 Å². The highest BCUT2D eigenvalue weighted by molar-refractivity contribution is 5.51. The van der Waals surface area contributed by atoms with Gasteiger partial charge in [-0.05, 0) is 32.0 Å². The molecule has 2 heterocycles. The van der Waals surface area contributed by atoms with Crippen LogP contribution in [0.2, 0.25) is 0 Å². The summed E-state index contributed by atoms with van der Waals surface area (Å²) in [6.07, 6.45) is 2.51. The van der Waals surface area contributed by atoms with Crippen molar-refractivity contribution in [2.45, 2.75) is 19.4 Å². The summed E-state index contributed by atoms with van der Waals surface area (Å²) in [7, 11) is 0. The molecule has 1 saturated heterocycles. The van der Waals surface area contributed by atoms with Crippen molar-refractivity contribution in [1.29, 1.82) is 0 Å². The van der Waals surface area contributed by atoms with Crippen LogP contribution in [-0.2, 0) is 6.54 Å². The van der Waals surface area contributed by atoms with Gasteiger partial charge in [0, 0.05) is 18.2 Å². The van der Waals surface area contributed by atoms with Gasteiger partial charge in [-0.25, -0.2) is 0 Å². The molecule has 1 fully saturated rings. The average molecular weight is 221 g/mol. The number of nitrogens with zero attached hydrogens (tertiary/aromatic N) is 1. The van der Waals surface area contributed by atoms with Gasteiger partial charge in [-0.1, -0.05) is 0 Å². The van der Waals surface area contributed by atoms with Gasteiger partial charge in [0.1, 0.15) is 5.75 Å². The minimum Gasteiger partial charge on any atom is -0.507 e. The number of phenols is 1. The summed E-state index contributed by atoms with van der Waals surface area (Å²) in [5, 5.41) is 9.87. The molecule has 16 heavy (non-hydrogen) atoms. The lowest BCUT2D eigenvalue weighted by molar-refractivity contribution is 0.174. The number of likely N-dealkylation sites (tertiary alicyclic amines) is 1. The second-order valence-electron chi connectivity index (χ2n) is 4.32. The zero-order chi connectivity index (χ0) is 11.0. The highest BCUT2D eigenvalue weighted by atomic mass is 16.7. The smallest absolute Gasteiger partial charge is 0.231 e. The Morgan fingerprint density at radius 3 is 2.56 bits per heavy atom. The fourth-order valence-corrected chi connectivity index (χ4v) is 2.28. The van der Waals surface area contributed by atoms with E-state index >= 15 is 0 Å². The van der Waals surface area contributed by atoms with Gasteiger partial charge >= 0.3 is 0 Å². The van der Waals surface area contributed by atoms with E-state index in [1.54, 1.807) is 6.07 Å². The lowest BCUT2D eigenvalue weighted by Gasteiger charge is -2.15. The van der Waals surface area contributed by atoms with Crippen LogP contribution in [0.25, 0.3) is 0 Å². The fourth-order valence-electron chi connectivity index (χ4n) is 2.28. The Labute approximate surface area is 94.4 Å². The lowest BCUT2D eigenvalue weighted by Crippen LogP contribution is -2.18. The molecule has 1 aromatic rings. The van der Waals surface area contributed by atoms with Crippen LogP contribution in [-0.4, -0.2) is 29.9 Å². The van der Waals surface area contributed by atoms with Crippen LogP contribution in [0.3, 0.4) is 0 Å². The molecule has 2 aliphatic rings. The maximum Gasteiger partial charge on any atom is 0.231 e. The molecule has 0 atom stereocenters. The number of rotatable bonds is 2. The highest BCUT2D eigenvalue weighted by Crippen LogP contribution is 2.38. The van der Waals surface area contributed by atoms with E-state index in [-0.39, 0.29) is 6.79 Å². The second kappa shape index (κ2) is 3.87. The monoisotopic (exact) mass is 221 g/mol. The largest absolute Gasteiger partial charge is 0.507 e. The molecule has 0 amide bonds. The fraction of sp³-hybridized carbons (Fsp3) is 0.500. The van der Waals surface area contributed by atoms with Gasteiger partial charge in [0.2, 0.25) is 6.79 Å². The summed E-state index contributed by atoms with van der Waals surface area (Å²) < 4.78 is 10.5. The Morgan fingerprint density at radius 1 is 1.12 bits per heavy atom. The van der Waals surface area contributed by atoms with E-state index in [9.17, 15) is 5.11 Å². The molecular formula is C12H15NO3. The molecule has 4 nitrogen and oxygen atoms in total. The zero-order valence-corrected chi connectivity index (χ0v) is 9.11. The number of aromatic hydroxyl groups is 1. The second-order valence-corrected chi connectivity index (χ2v) is 4.32. The molecule has 4 heteroatoms. The first kappa shape index (κ1) is 9.78. The van der Waals surface area contributed by atoms with Gasteiger partial charge in [-0.15, -0.1) is 0 Å². The van der Waals surface area contributed by atoms with Crippen molar-refractivity contribution in [2.24, 2.45) is 0 Å². The van der Waals surface area contributed by atoms with Gasteiger partial charge in [-0.3, -0.25) is 4.90 Å². The lowest BCUT2D eigenvalue weighted by atomic mass is 10.1. The summed E-state index contributed by atoms with van der Waals surface area (Å²) in [4.78, 5) is 2.34. The summed E-state index contributed by atoms with van der Waals surface area (Å²) in [6, 6.07) is 3.53. The summed E-state index contributed by atoms with van der Waals surface area (Å²) >= 11 is 0. The topological polar surface area (TPSA) is 41.9 Å². The first-order valence-electron chi connectivity index (χ1n) is 5.67. The van der Waals surface area contributed by atoms with Crippen LogP contribution in [0.15, 0.2) is 12.1 Å². The van der Waals surface area contributed by atoms with Crippen molar-refractivity contribution in [1.82, 2.24) is 4.90 Å². The van der Waals surface area contributed by atoms with Crippen molar-refractivity contribution in [3.63, 3.8) is 0 Å². The molecule has 3 rings (SSSR count).